The van der Waals surface area contributed by atoms with Crippen molar-refractivity contribution in [3.63, 3.8) is 0 Å². The number of nitrogens with one attached hydrogen (secondary N) is 1. The maximum absolute atomic E-state index is 10.6. The molecule has 0 spiro atoms. The normalized spacial score (nSPS) is 9.31. The molecule has 0 aromatic heterocycles. The number of hydrogen-bond donors (Lipinski definition) is 1. The number of rotatable bonds is 3. The van der Waals surface area contributed by atoms with Crippen molar-refractivity contribution >= 4 is 12.0 Å². The van der Waals surface area contributed by atoms with Gasteiger partial charge in [0.2, 0.25) is 5.91 Å². The number of amides is 1. The predicted octanol–water partition coefficient (Wildman–Crippen LogP) is 1.97. The van der Waals surface area contributed by atoms with Gasteiger partial charge in [-0.2, -0.15) is 0 Å². The van der Waals surface area contributed by atoms with Crippen LogP contribution in [0.25, 0.3) is 6.08 Å². The average molecular weight is 175 g/mol. The molecule has 2 nitrogen and oxygen atoms in total. The Kier molecular flexibility index (Phi) is 3.26. The molecule has 0 aliphatic carbocycles. The Hall–Kier alpha value is -1.57. The second kappa shape index (κ2) is 4.45. The summed E-state index contributed by atoms with van der Waals surface area (Å²) >= 11 is 0. The quantitative estimate of drug-likeness (QED) is 0.747. The van der Waals surface area contributed by atoms with Gasteiger partial charge in [-0.3, -0.25) is 4.79 Å². The fourth-order valence-corrected chi connectivity index (χ4v) is 0.998. The topological polar surface area (TPSA) is 29.1 Å². The van der Waals surface area contributed by atoms with E-state index in [4.69, 9.17) is 0 Å². The zero-order valence-electron chi connectivity index (χ0n) is 7.71. The van der Waals surface area contributed by atoms with E-state index >= 15 is 0 Å². The highest BCUT2D eigenvalue weighted by Gasteiger charge is 1.93. The van der Waals surface area contributed by atoms with Crippen molar-refractivity contribution in [2.75, 3.05) is 0 Å². The Morgan fingerprint density at radius 2 is 2.08 bits per heavy atom. The molecule has 0 radical (unpaired) electrons. The standard InChI is InChI=1S/C11H13NO/c1-3-10-4-6-11(7-5-10)8-12-9(2)13/h3-7H,1,8H2,2H3,(H,12,13). The molecule has 1 rings (SSSR count). The van der Waals surface area contributed by atoms with Crippen LogP contribution < -0.4 is 5.32 Å². The van der Waals surface area contributed by atoms with Gasteiger partial charge in [0.25, 0.3) is 0 Å². The largest absolute Gasteiger partial charge is 0.352 e. The molecule has 0 bridgehead atoms. The van der Waals surface area contributed by atoms with E-state index in [0.717, 1.165) is 11.1 Å². The zero-order chi connectivity index (χ0) is 9.68. The lowest BCUT2D eigenvalue weighted by Gasteiger charge is -2.02. The first-order chi connectivity index (χ1) is 6.22. The Morgan fingerprint density at radius 3 is 2.54 bits per heavy atom. The van der Waals surface area contributed by atoms with E-state index in [1.807, 2.05) is 24.3 Å². The zero-order valence-corrected chi connectivity index (χ0v) is 7.71. The molecule has 1 aromatic rings. The van der Waals surface area contributed by atoms with Gasteiger partial charge in [0.15, 0.2) is 0 Å². The van der Waals surface area contributed by atoms with Gasteiger partial charge < -0.3 is 5.32 Å². The van der Waals surface area contributed by atoms with Crippen LogP contribution >= 0.6 is 0 Å². The molecule has 0 fully saturated rings. The van der Waals surface area contributed by atoms with E-state index in [1.54, 1.807) is 6.08 Å². The summed E-state index contributed by atoms with van der Waals surface area (Å²) in [7, 11) is 0. The average Bonchev–Trinajstić information content (AvgIpc) is 2.15. The number of carbonyl (C=O) groups excluding carboxylic acids is 1. The second-order valence-electron chi connectivity index (χ2n) is 2.86. The van der Waals surface area contributed by atoms with E-state index in [-0.39, 0.29) is 5.91 Å². The molecular weight excluding hydrogens is 162 g/mol. The smallest absolute Gasteiger partial charge is 0.217 e. The van der Waals surface area contributed by atoms with Crippen molar-refractivity contribution in [3.8, 4) is 0 Å². The van der Waals surface area contributed by atoms with Gasteiger partial charge in [-0.25, -0.2) is 0 Å². The molecule has 0 saturated carbocycles. The third-order valence-corrected chi connectivity index (χ3v) is 1.76. The van der Waals surface area contributed by atoms with Crippen molar-refractivity contribution in [3.05, 3.63) is 42.0 Å². The van der Waals surface area contributed by atoms with Gasteiger partial charge >= 0.3 is 0 Å². The summed E-state index contributed by atoms with van der Waals surface area (Å²) in [5.74, 6) is -0.00667. The van der Waals surface area contributed by atoms with Crippen LogP contribution in [-0.2, 0) is 11.3 Å². The molecule has 0 unspecified atom stereocenters. The third kappa shape index (κ3) is 3.11. The predicted molar refractivity (Wildman–Crippen MR) is 54.1 cm³/mol. The van der Waals surface area contributed by atoms with Crippen molar-refractivity contribution in [1.29, 1.82) is 0 Å². The van der Waals surface area contributed by atoms with Gasteiger partial charge in [-0.05, 0) is 11.1 Å². The molecule has 1 amide bonds. The molecule has 0 saturated heterocycles. The lowest BCUT2D eigenvalue weighted by atomic mass is 10.1. The number of carbonyl (C=O) groups is 1. The molecule has 68 valence electrons. The third-order valence-electron chi connectivity index (χ3n) is 1.76. The maximum atomic E-state index is 10.6. The van der Waals surface area contributed by atoms with Crippen LogP contribution in [0, 0.1) is 0 Å². The van der Waals surface area contributed by atoms with Crippen molar-refractivity contribution < 1.29 is 4.79 Å². The monoisotopic (exact) mass is 175 g/mol. The molecule has 0 atom stereocenters. The Labute approximate surface area is 78.3 Å². The molecule has 13 heavy (non-hydrogen) atoms. The summed E-state index contributed by atoms with van der Waals surface area (Å²) in [6.07, 6.45) is 1.79. The summed E-state index contributed by atoms with van der Waals surface area (Å²) in [5, 5.41) is 2.73. The van der Waals surface area contributed by atoms with E-state index in [0.29, 0.717) is 6.54 Å². The Balaban J connectivity index is 2.59. The fourth-order valence-electron chi connectivity index (χ4n) is 0.998. The summed E-state index contributed by atoms with van der Waals surface area (Å²) in [6.45, 7) is 5.77. The molecule has 0 aliphatic heterocycles. The van der Waals surface area contributed by atoms with E-state index in [9.17, 15) is 4.79 Å². The minimum Gasteiger partial charge on any atom is -0.352 e. The summed E-state index contributed by atoms with van der Waals surface area (Å²) in [6, 6.07) is 7.91. The second-order valence-corrected chi connectivity index (χ2v) is 2.86. The molecule has 1 aromatic carbocycles. The summed E-state index contributed by atoms with van der Waals surface area (Å²) in [5.41, 5.74) is 2.19. The van der Waals surface area contributed by atoms with Gasteiger partial charge in [0, 0.05) is 13.5 Å². The molecular formula is C11H13NO. The molecule has 0 aliphatic rings. The van der Waals surface area contributed by atoms with Crippen LogP contribution in [0.15, 0.2) is 30.8 Å². The van der Waals surface area contributed by atoms with Crippen LogP contribution in [0.4, 0.5) is 0 Å². The molecule has 1 N–H and O–H groups in total. The minimum absolute atomic E-state index is 0.00667. The highest BCUT2D eigenvalue weighted by atomic mass is 16.1. The first kappa shape index (κ1) is 9.52. The molecule has 2 heteroatoms. The van der Waals surface area contributed by atoms with E-state index in [1.165, 1.54) is 6.92 Å². The first-order valence-corrected chi connectivity index (χ1v) is 4.18. The number of benzene rings is 1. The van der Waals surface area contributed by atoms with Gasteiger partial charge in [-0.1, -0.05) is 36.9 Å². The maximum Gasteiger partial charge on any atom is 0.217 e. The summed E-state index contributed by atoms with van der Waals surface area (Å²) in [4.78, 5) is 10.6. The fraction of sp³-hybridized carbons (Fsp3) is 0.182. The van der Waals surface area contributed by atoms with Crippen molar-refractivity contribution in [2.24, 2.45) is 0 Å². The Bertz CT molecular complexity index is 300. The van der Waals surface area contributed by atoms with E-state index in [2.05, 4.69) is 11.9 Å². The van der Waals surface area contributed by atoms with Crippen LogP contribution in [0.5, 0.6) is 0 Å². The van der Waals surface area contributed by atoms with E-state index < -0.39 is 0 Å². The SMILES string of the molecule is C=Cc1ccc(CNC(C)=O)cc1. The van der Waals surface area contributed by atoms with Crippen LogP contribution in [0.2, 0.25) is 0 Å². The lowest BCUT2D eigenvalue weighted by Crippen LogP contribution is -2.18. The van der Waals surface area contributed by atoms with Crippen LogP contribution in [-0.4, -0.2) is 5.91 Å². The Morgan fingerprint density at radius 1 is 1.46 bits per heavy atom. The van der Waals surface area contributed by atoms with Crippen molar-refractivity contribution in [1.82, 2.24) is 5.32 Å². The molecule has 0 heterocycles. The van der Waals surface area contributed by atoms with Gasteiger partial charge in [0.05, 0.1) is 0 Å². The lowest BCUT2D eigenvalue weighted by molar-refractivity contribution is -0.119. The highest BCUT2D eigenvalue weighted by Crippen LogP contribution is 2.04. The van der Waals surface area contributed by atoms with Crippen molar-refractivity contribution in [2.45, 2.75) is 13.5 Å². The van der Waals surface area contributed by atoms with Gasteiger partial charge in [0.1, 0.15) is 0 Å². The van der Waals surface area contributed by atoms with Crippen LogP contribution in [0.1, 0.15) is 18.1 Å². The summed E-state index contributed by atoms with van der Waals surface area (Å²) < 4.78 is 0. The van der Waals surface area contributed by atoms with Gasteiger partial charge in [-0.15, -0.1) is 0 Å². The van der Waals surface area contributed by atoms with Crippen LogP contribution in [0.3, 0.4) is 0 Å². The number of hydrogen-bond acceptors (Lipinski definition) is 1. The highest BCUT2D eigenvalue weighted by molar-refractivity contribution is 5.72. The first-order valence-electron chi connectivity index (χ1n) is 4.18. The minimum atomic E-state index is -0.00667.